The zero-order valence-corrected chi connectivity index (χ0v) is 18.1. The largest absolute Gasteiger partial charge is 0.490 e. The molecule has 2 aromatic rings. The van der Waals surface area contributed by atoms with Crippen LogP contribution >= 0.6 is 39.3 Å². The summed E-state index contributed by atoms with van der Waals surface area (Å²) in [5.41, 5.74) is 0.590. The Morgan fingerprint density at radius 1 is 1.17 bits per heavy atom. The van der Waals surface area contributed by atoms with Crippen LogP contribution in [0.1, 0.15) is 5.56 Å². The van der Waals surface area contributed by atoms with Crippen LogP contribution in [-0.4, -0.2) is 35.8 Å². The molecule has 1 aliphatic rings. The number of imide groups is 1. The number of amides is 2. The Bertz CT molecular complexity index is 1020. The molecular weight excluding hydrogens is 480 g/mol. The molecule has 2 amide bonds. The first-order chi connectivity index (χ1) is 14.0. The van der Waals surface area contributed by atoms with Gasteiger partial charge in [0.15, 0.2) is 6.61 Å². The minimum absolute atomic E-state index is 0.101. The fraction of sp³-hybridized carbons (Fsp3) is 0.150. The molecule has 1 saturated heterocycles. The third kappa shape index (κ3) is 5.32. The maximum absolute atomic E-state index is 12.7. The van der Waals surface area contributed by atoms with Crippen molar-refractivity contribution in [2.24, 2.45) is 0 Å². The van der Waals surface area contributed by atoms with Crippen molar-refractivity contribution in [2.45, 2.75) is 0 Å². The number of nitriles is 1. The minimum atomic E-state index is -0.408. The van der Waals surface area contributed by atoms with Crippen LogP contribution in [0.25, 0.3) is 6.08 Å². The van der Waals surface area contributed by atoms with E-state index in [9.17, 15) is 9.59 Å². The fourth-order valence-electron chi connectivity index (χ4n) is 2.52. The molecule has 0 aliphatic carbocycles. The normalized spacial score (nSPS) is 14.9. The Kier molecular flexibility index (Phi) is 7.20. The molecule has 29 heavy (non-hydrogen) atoms. The first-order valence-corrected chi connectivity index (χ1v) is 10.4. The van der Waals surface area contributed by atoms with Crippen molar-refractivity contribution >= 4 is 56.5 Å². The zero-order valence-electron chi connectivity index (χ0n) is 14.9. The standard InChI is InChI=1S/C20H14BrClN2O4S/c21-14-5-6-16(27-9-7-23)13(11-14)12-18-19(25)24(20(26)29-18)8-10-28-17-4-2-1-3-15(17)22/h1-6,11-12H,8-10H2/b18-12-. The van der Waals surface area contributed by atoms with E-state index in [0.29, 0.717) is 22.1 Å². The smallest absolute Gasteiger partial charge is 0.293 e. The predicted octanol–water partition coefficient (Wildman–Crippen LogP) is 5.12. The maximum Gasteiger partial charge on any atom is 0.293 e. The average Bonchev–Trinajstić information content (AvgIpc) is 2.96. The number of carbonyl (C=O) groups is 2. The van der Waals surface area contributed by atoms with Crippen molar-refractivity contribution in [1.82, 2.24) is 4.90 Å². The summed E-state index contributed by atoms with van der Waals surface area (Å²) in [7, 11) is 0. The molecule has 1 heterocycles. The molecule has 0 saturated carbocycles. The van der Waals surface area contributed by atoms with E-state index in [1.165, 1.54) is 0 Å². The number of halogens is 2. The molecular formula is C20H14BrClN2O4S. The molecule has 2 aromatic carbocycles. The number of ether oxygens (including phenoxy) is 2. The van der Waals surface area contributed by atoms with Gasteiger partial charge in [-0.25, -0.2) is 0 Å². The van der Waals surface area contributed by atoms with Crippen LogP contribution in [0.2, 0.25) is 5.02 Å². The number of nitrogens with zero attached hydrogens (tertiary/aromatic N) is 2. The summed E-state index contributed by atoms with van der Waals surface area (Å²) in [6.07, 6.45) is 1.58. The second kappa shape index (κ2) is 9.83. The fourth-order valence-corrected chi connectivity index (χ4v) is 3.94. The van der Waals surface area contributed by atoms with Crippen molar-refractivity contribution in [3.8, 4) is 17.6 Å². The van der Waals surface area contributed by atoms with Crippen LogP contribution in [0.3, 0.4) is 0 Å². The molecule has 148 valence electrons. The number of rotatable bonds is 7. The predicted molar refractivity (Wildman–Crippen MR) is 115 cm³/mol. The molecule has 6 nitrogen and oxygen atoms in total. The van der Waals surface area contributed by atoms with Crippen molar-refractivity contribution in [2.75, 3.05) is 19.8 Å². The van der Waals surface area contributed by atoms with Crippen LogP contribution in [0.15, 0.2) is 51.8 Å². The summed E-state index contributed by atoms with van der Waals surface area (Å²) in [6.45, 7) is 0.106. The number of carbonyl (C=O) groups excluding carboxylic acids is 2. The Morgan fingerprint density at radius 3 is 2.72 bits per heavy atom. The van der Waals surface area contributed by atoms with Crippen molar-refractivity contribution in [1.29, 1.82) is 5.26 Å². The van der Waals surface area contributed by atoms with Gasteiger partial charge in [0.2, 0.25) is 0 Å². The zero-order chi connectivity index (χ0) is 20.8. The summed E-state index contributed by atoms with van der Waals surface area (Å²) >= 11 is 10.2. The van der Waals surface area contributed by atoms with Crippen LogP contribution in [0, 0.1) is 11.3 Å². The van der Waals surface area contributed by atoms with Gasteiger partial charge in [-0.2, -0.15) is 5.26 Å². The number of thioether (sulfide) groups is 1. The van der Waals surface area contributed by atoms with Gasteiger partial charge in [0.1, 0.15) is 24.2 Å². The first-order valence-electron chi connectivity index (χ1n) is 8.41. The topological polar surface area (TPSA) is 79.6 Å². The molecule has 0 radical (unpaired) electrons. The van der Waals surface area contributed by atoms with Gasteiger partial charge in [-0.1, -0.05) is 39.7 Å². The van der Waals surface area contributed by atoms with E-state index < -0.39 is 5.91 Å². The van der Waals surface area contributed by atoms with Crippen LogP contribution in [0.5, 0.6) is 11.5 Å². The molecule has 3 rings (SSSR count). The SMILES string of the molecule is N#CCOc1ccc(Br)cc1/C=C1\SC(=O)N(CCOc2ccccc2Cl)C1=O. The molecule has 0 spiro atoms. The third-order valence-electron chi connectivity index (χ3n) is 3.83. The lowest BCUT2D eigenvalue weighted by atomic mass is 10.2. The molecule has 0 aromatic heterocycles. The quantitative estimate of drug-likeness (QED) is 0.498. The van der Waals surface area contributed by atoms with Gasteiger partial charge in [-0.3, -0.25) is 14.5 Å². The summed E-state index contributed by atoms with van der Waals surface area (Å²) in [6, 6.07) is 14.1. The number of hydrogen-bond acceptors (Lipinski definition) is 6. The van der Waals surface area contributed by atoms with E-state index in [4.69, 9.17) is 26.3 Å². The van der Waals surface area contributed by atoms with Crippen molar-refractivity contribution in [3.05, 3.63) is 62.4 Å². The highest BCUT2D eigenvalue weighted by Gasteiger charge is 2.35. The van der Waals surface area contributed by atoms with E-state index in [2.05, 4.69) is 15.9 Å². The lowest BCUT2D eigenvalue weighted by Gasteiger charge is -2.13. The molecule has 0 N–H and O–H groups in total. The minimum Gasteiger partial charge on any atom is -0.490 e. The highest BCUT2D eigenvalue weighted by atomic mass is 79.9. The van der Waals surface area contributed by atoms with Gasteiger partial charge >= 0.3 is 0 Å². The Balaban J connectivity index is 1.71. The maximum atomic E-state index is 12.7. The highest BCUT2D eigenvalue weighted by molar-refractivity contribution is 9.10. The van der Waals surface area contributed by atoms with Gasteiger partial charge in [-0.05, 0) is 48.2 Å². The molecule has 9 heteroatoms. The summed E-state index contributed by atoms with van der Waals surface area (Å²) in [5, 5.41) is 8.80. The Hall–Kier alpha value is -2.47. The van der Waals surface area contributed by atoms with Crippen LogP contribution in [-0.2, 0) is 4.79 Å². The van der Waals surface area contributed by atoms with Gasteiger partial charge < -0.3 is 9.47 Å². The second-order valence-electron chi connectivity index (χ2n) is 5.74. The number of para-hydroxylation sites is 1. The summed E-state index contributed by atoms with van der Waals surface area (Å²) in [5.74, 6) is 0.530. The second-order valence-corrected chi connectivity index (χ2v) is 8.06. The summed E-state index contributed by atoms with van der Waals surface area (Å²) in [4.78, 5) is 26.3. The van der Waals surface area contributed by atoms with E-state index in [1.54, 1.807) is 48.5 Å². The van der Waals surface area contributed by atoms with E-state index in [-0.39, 0.29) is 29.9 Å². The van der Waals surface area contributed by atoms with Gasteiger partial charge in [-0.15, -0.1) is 0 Å². The van der Waals surface area contributed by atoms with Crippen LogP contribution < -0.4 is 9.47 Å². The molecule has 0 bridgehead atoms. The third-order valence-corrected chi connectivity index (χ3v) is 5.55. The first kappa shape index (κ1) is 21.2. The van der Waals surface area contributed by atoms with Gasteiger partial charge in [0.25, 0.3) is 11.1 Å². The molecule has 1 fully saturated rings. The van der Waals surface area contributed by atoms with Crippen LogP contribution in [0.4, 0.5) is 4.79 Å². The lowest BCUT2D eigenvalue weighted by molar-refractivity contribution is -0.123. The molecule has 1 aliphatic heterocycles. The Morgan fingerprint density at radius 2 is 1.97 bits per heavy atom. The average molecular weight is 494 g/mol. The highest BCUT2D eigenvalue weighted by Crippen LogP contribution is 2.35. The molecule has 0 unspecified atom stereocenters. The van der Waals surface area contributed by atoms with E-state index >= 15 is 0 Å². The monoisotopic (exact) mass is 492 g/mol. The molecule has 0 atom stereocenters. The number of hydrogen-bond donors (Lipinski definition) is 0. The van der Waals surface area contributed by atoms with Crippen molar-refractivity contribution < 1.29 is 19.1 Å². The van der Waals surface area contributed by atoms with Crippen molar-refractivity contribution in [3.63, 3.8) is 0 Å². The number of benzene rings is 2. The Labute approximate surface area is 185 Å². The van der Waals surface area contributed by atoms with E-state index in [1.807, 2.05) is 6.07 Å². The lowest BCUT2D eigenvalue weighted by Crippen LogP contribution is -2.32. The van der Waals surface area contributed by atoms with E-state index in [0.717, 1.165) is 21.1 Å². The van der Waals surface area contributed by atoms with Gasteiger partial charge in [0.05, 0.1) is 16.5 Å². The summed E-state index contributed by atoms with van der Waals surface area (Å²) < 4.78 is 11.7. The van der Waals surface area contributed by atoms with Gasteiger partial charge in [0, 0.05) is 10.0 Å².